The van der Waals surface area contributed by atoms with Crippen molar-refractivity contribution in [1.29, 1.82) is 0 Å². The lowest BCUT2D eigenvalue weighted by Gasteiger charge is -1.89. The highest BCUT2D eigenvalue weighted by molar-refractivity contribution is 5.85. The smallest absolute Gasteiger partial charge is 0.292 e. The number of amides is 1. The van der Waals surface area contributed by atoms with E-state index < -0.39 is 11.8 Å². The molecule has 1 aliphatic heterocycles. The lowest BCUT2D eigenvalue weighted by molar-refractivity contribution is -0.122. The molecule has 0 aliphatic carbocycles. The van der Waals surface area contributed by atoms with Crippen LogP contribution in [0.3, 0.4) is 0 Å². The predicted octanol–water partition coefficient (Wildman–Crippen LogP) is -1.54. The number of hydroxylamine groups is 1. The Kier molecular flexibility index (Phi) is 4.14. The monoisotopic (exact) mass is 175 g/mol. The normalized spacial score (nSPS) is 29.4. The van der Waals surface area contributed by atoms with Crippen molar-refractivity contribution in [2.24, 2.45) is 11.5 Å². The van der Waals surface area contributed by atoms with Crippen LogP contribution in [0.2, 0.25) is 0 Å². The molecule has 0 aromatic heterocycles. The first-order chi connectivity index (χ1) is 3.15. The number of rotatable bonds is 1. The van der Waals surface area contributed by atoms with Crippen LogP contribution in [0.5, 0.6) is 0 Å². The van der Waals surface area contributed by atoms with Gasteiger partial charge in [-0.2, -0.15) is 0 Å². The van der Waals surface area contributed by atoms with Gasteiger partial charge in [0.05, 0.1) is 0 Å². The fourth-order valence-electron chi connectivity index (χ4n) is 0.156. The first-order valence-electron chi connectivity index (χ1n) is 1.69. The fraction of sp³-hybridized carbons (Fsp3) is 0.500. The van der Waals surface area contributed by atoms with E-state index in [4.69, 9.17) is 5.73 Å². The molecule has 1 saturated heterocycles. The summed E-state index contributed by atoms with van der Waals surface area (Å²) < 4.78 is 0. The van der Waals surface area contributed by atoms with Crippen molar-refractivity contribution < 1.29 is 9.63 Å². The Balaban J connectivity index is 0. The van der Waals surface area contributed by atoms with Gasteiger partial charge in [0, 0.05) is 0 Å². The second-order valence-corrected chi connectivity index (χ2v) is 1.30. The Morgan fingerprint density at radius 2 is 1.89 bits per heavy atom. The summed E-state index contributed by atoms with van der Waals surface area (Å²) in [7, 11) is 0. The molecule has 5 nitrogen and oxygen atoms in total. The molecule has 0 bridgehead atoms. The molecular weight excluding hydrogens is 169 g/mol. The SMILES string of the molecule is Cl.Cl.NC(=O)C1(N)NO1. The zero-order valence-corrected chi connectivity index (χ0v) is 5.92. The highest BCUT2D eigenvalue weighted by Gasteiger charge is 2.47. The maximum atomic E-state index is 9.99. The third kappa shape index (κ3) is 2.33. The van der Waals surface area contributed by atoms with Crippen molar-refractivity contribution in [3.8, 4) is 0 Å². The lowest BCUT2D eigenvalue weighted by atomic mass is 10.5. The summed E-state index contributed by atoms with van der Waals surface area (Å²) in [5.41, 5.74) is 11.8. The molecule has 1 amide bonds. The summed E-state index contributed by atoms with van der Waals surface area (Å²) in [6.07, 6.45) is 0. The van der Waals surface area contributed by atoms with Gasteiger partial charge in [0.2, 0.25) is 0 Å². The molecule has 56 valence electrons. The average Bonchev–Trinajstić information content (AvgIpc) is 2.21. The molecular formula is C2H7Cl2N3O2. The number of hydrogen-bond donors (Lipinski definition) is 3. The Morgan fingerprint density at radius 1 is 1.56 bits per heavy atom. The van der Waals surface area contributed by atoms with Crippen LogP contribution in [0.4, 0.5) is 0 Å². The van der Waals surface area contributed by atoms with Gasteiger partial charge in [-0.1, -0.05) is 0 Å². The quantitative estimate of drug-likeness (QED) is 0.421. The van der Waals surface area contributed by atoms with Crippen LogP contribution in [0, 0.1) is 0 Å². The van der Waals surface area contributed by atoms with E-state index in [1.165, 1.54) is 0 Å². The molecule has 1 unspecified atom stereocenters. The molecule has 0 aromatic carbocycles. The minimum atomic E-state index is -1.36. The van der Waals surface area contributed by atoms with Crippen LogP contribution in [0.1, 0.15) is 0 Å². The van der Waals surface area contributed by atoms with Crippen molar-refractivity contribution in [3.05, 3.63) is 0 Å². The van der Waals surface area contributed by atoms with Crippen molar-refractivity contribution in [2.45, 2.75) is 5.85 Å². The van der Waals surface area contributed by atoms with Crippen molar-refractivity contribution >= 4 is 30.7 Å². The Morgan fingerprint density at radius 3 is 1.89 bits per heavy atom. The molecule has 9 heavy (non-hydrogen) atoms. The van der Waals surface area contributed by atoms with Gasteiger partial charge in [-0.3, -0.25) is 10.5 Å². The largest absolute Gasteiger partial charge is 0.365 e. The van der Waals surface area contributed by atoms with Crippen LogP contribution >= 0.6 is 24.8 Å². The molecule has 1 rings (SSSR count). The maximum Gasteiger partial charge on any atom is 0.292 e. The summed E-state index contributed by atoms with van der Waals surface area (Å²) in [5, 5.41) is 0. The van der Waals surface area contributed by atoms with E-state index in [0.717, 1.165) is 0 Å². The highest BCUT2D eigenvalue weighted by Crippen LogP contribution is 2.07. The predicted molar refractivity (Wildman–Crippen MR) is 34.8 cm³/mol. The standard InChI is InChI=1S/C2H5N3O2.2ClH/c3-1(6)2(4)5-7-2;;/h5H,4H2,(H2,3,6);2*1H. The number of halogens is 2. The Hall–Kier alpha value is -0.0700. The second-order valence-electron chi connectivity index (χ2n) is 1.30. The summed E-state index contributed by atoms with van der Waals surface area (Å²) >= 11 is 0. The van der Waals surface area contributed by atoms with Crippen LogP contribution in [0.15, 0.2) is 0 Å². The molecule has 0 saturated carbocycles. The summed E-state index contributed by atoms with van der Waals surface area (Å²) in [4.78, 5) is 14.2. The van der Waals surface area contributed by atoms with Gasteiger partial charge < -0.3 is 5.73 Å². The second kappa shape index (κ2) is 3.19. The summed E-state index contributed by atoms with van der Waals surface area (Å²) in [5.74, 6) is -2.06. The van der Waals surface area contributed by atoms with E-state index in [2.05, 4.69) is 16.1 Å². The molecule has 5 N–H and O–H groups in total. The molecule has 1 atom stereocenters. The topological polar surface area (TPSA) is 104 Å². The van der Waals surface area contributed by atoms with Crippen LogP contribution < -0.4 is 16.9 Å². The number of carbonyl (C=O) groups excluding carboxylic acids is 1. The van der Waals surface area contributed by atoms with Gasteiger partial charge in [-0.25, -0.2) is 4.84 Å². The number of nitrogens with two attached hydrogens (primary N) is 2. The Labute approximate surface area is 63.9 Å². The van der Waals surface area contributed by atoms with Crippen molar-refractivity contribution in [1.82, 2.24) is 5.48 Å². The molecule has 1 fully saturated rings. The van der Waals surface area contributed by atoms with Gasteiger partial charge in [0.1, 0.15) is 0 Å². The molecule has 0 radical (unpaired) electrons. The van der Waals surface area contributed by atoms with Crippen LogP contribution in [-0.2, 0) is 9.63 Å². The lowest BCUT2D eigenvalue weighted by Crippen LogP contribution is -2.42. The van der Waals surface area contributed by atoms with E-state index >= 15 is 0 Å². The van der Waals surface area contributed by atoms with Gasteiger partial charge in [0.25, 0.3) is 11.8 Å². The van der Waals surface area contributed by atoms with Crippen molar-refractivity contribution in [3.63, 3.8) is 0 Å². The number of hydrogen-bond acceptors (Lipinski definition) is 4. The fourth-order valence-corrected chi connectivity index (χ4v) is 0.156. The first kappa shape index (κ1) is 11.7. The number of primary amides is 1. The highest BCUT2D eigenvalue weighted by atomic mass is 35.5. The zero-order chi connectivity index (χ0) is 5.49. The minimum absolute atomic E-state index is 0. The number of carbonyl (C=O) groups is 1. The maximum absolute atomic E-state index is 9.99. The summed E-state index contributed by atoms with van der Waals surface area (Å²) in [6.45, 7) is 0. The molecule has 7 heteroatoms. The third-order valence-corrected chi connectivity index (χ3v) is 0.688. The van der Waals surface area contributed by atoms with E-state index in [0.29, 0.717) is 0 Å². The Bertz CT molecular complexity index is 114. The minimum Gasteiger partial charge on any atom is -0.365 e. The molecule has 1 aliphatic rings. The van der Waals surface area contributed by atoms with E-state index in [9.17, 15) is 4.79 Å². The van der Waals surface area contributed by atoms with E-state index in [1.54, 1.807) is 0 Å². The van der Waals surface area contributed by atoms with E-state index in [1.807, 2.05) is 0 Å². The van der Waals surface area contributed by atoms with Gasteiger partial charge in [-0.05, 0) is 0 Å². The van der Waals surface area contributed by atoms with E-state index in [-0.39, 0.29) is 24.8 Å². The van der Waals surface area contributed by atoms with Gasteiger partial charge in [-0.15, -0.1) is 30.3 Å². The van der Waals surface area contributed by atoms with Crippen molar-refractivity contribution in [2.75, 3.05) is 0 Å². The summed E-state index contributed by atoms with van der Waals surface area (Å²) in [6, 6.07) is 0. The van der Waals surface area contributed by atoms with Gasteiger partial charge >= 0.3 is 0 Å². The molecule has 0 aromatic rings. The first-order valence-corrected chi connectivity index (χ1v) is 1.69. The van der Waals surface area contributed by atoms with Gasteiger partial charge in [0.15, 0.2) is 0 Å². The average molecular weight is 176 g/mol. The van der Waals surface area contributed by atoms with Crippen LogP contribution in [0.25, 0.3) is 0 Å². The zero-order valence-electron chi connectivity index (χ0n) is 4.29. The number of nitrogens with one attached hydrogen (secondary N) is 1. The molecule has 0 spiro atoms. The molecule has 1 heterocycles. The third-order valence-electron chi connectivity index (χ3n) is 0.688. The van der Waals surface area contributed by atoms with Crippen LogP contribution in [-0.4, -0.2) is 11.8 Å².